The zero-order valence-electron chi connectivity index (χ0n) is 10.7. The van der Waals surface area contributed by atoms with E-state index in [2.05, 4.69) is 41.4 Å². The van der Waals surface area contributed by atoms with E-state index in [-0.39, 0.29) is 0 Å². The zero-order valence-corrected chi connectivity index (χ0v) is 10.7. The van der Waals surface area contributed by atoms with Gasteiger partial charge >= 0.3 is 0 Å². The van der Waals surface area contributed by atoms with Crippen LogP contribution in [-0.4, -0.2) is 26.2 Å². The molecule has 0 aliphatic carbocycles. The molecule has 2 aliphatic heterocycles. The molecule has 2 saturated heterocycles. The fourth-order valence-electron chi connectivity index (χ4n) is 3.19. The quantitative estimate of drug-likeness (QED) is 0.839. The van der Waals surface area contributed by atoms with Gasteiger partial charge < -0.3 is 10.2 Å². The van der Waals surface area contributed by atoms with Gasteiger partial charge in [-0.05, 0) is 43.5 Å². The topological polar surface area (TPSA) is 15.3 Å². The highest BCUT2D eigenvalue weighted by Gasteiger charge is 2.43. The largest absolute Gasteiger partial charge is 0.370 e. The predicted octanol–water partition coefficient (Wildman–Crippen LogP) is 2.44. The van der Waals surface area contributed by atoms with E-state index in [0.717, 1.165) is 6.42 Å². The maximum Gasteiger partial charge on any atom is 0.0366 e. The van der Waals surface area contributed by atoms with Crippen LogP contribution in [0.1, 0.15) is 25.3 Å². The number of piperidine rings is 1. The number of nitrogens with one attached hydrogen (secondary N) is 1. The predicted molar refractivity (Wildman–Crippen MR) is 72.6 cm³/mol. The molecular formula is C15H22N2. The van der Waals surface area contributed by atoms with E-state index in [9.17, 15) is 0 Å². The first kappa shape index (κ1) is 11.1. The third-order valence-electron chi connectivity index (χ3n) is 4.32. The Morgan fingerprint density at radius 3 is 2.59 bits per heavy atom. The van der Waals surface area contributed by atoms with Gasteiger partial charge in [-0.1, -0.05) is 19.1 Å². The standard InChI is InChI=1S/C15H22N2/c1-2-13-4-6-14(7-5-13)17-11-15(12-17)8-3-9-16-10-15/h4-7,16H,2-3,8-12H2,1H3. The summed E-state index contributed by atoms with van der Waals surface area (Å²) in [5.74, 6) is 0. The van der Waals surface area contributed by atoms with Crippen LogP contribution in [0, 0.1) is 5.41 Å². The van der Waals surface area contributed by atoms with Crippen molar-refractivity contribution in [3.8, 4) is 0 Å². The maximum atomic E-state index is 3.54. The van der Waals surface area contributed by atoms with Crippen LogP contribution in [-0.2, 0) is 6.42 Å². The van der Waals surface area contributed by atoms with E-state index in [1.165, 1.54) is 50.3 Å². The van der Waals surface area contributed by atoms with E-state index >= 15 is 0 Å². The van der Waals surface area contributed by atoms with Crippen LogP contribution in [0.2, 0.25) is 0 Å². The lowest BCUT2D eigenvalue weighted by atomic mass is 9.74. The Balaban J connectivity index is 1.63. The highest BCUT2D eigenvalue weighted by Crippen LogP contribution is 2.39. The Hall–Kier alpha value is -1.02. The summed E-state index contributed by atoms with van der Waals surface area (Å²) < 4.78 is 0. The lowest BCUT2D eigenvalue weighted by Crippen LogP contribution is -2.62. The van der Waals surface area contributed by atoms with Crippen molar-refractivity contribution in [1.82, 2.24) is 5.32 Å². The zero-order chi connectivity index (χ0) is 11.7. The van der Waals surface area contributed by atoms with Gasteiger partial charge in [-0.15, -0.1) is 0 Å². The van der Waals surface area contributed by atoms with Crippen LogP contribution >= 0.6 is 0 Å². The fraction of sp³-hybridized carbons (Fsp3) is 0.600. The van der Waals surface area contributed by atoms with Crippen molar-refractivity contribution < 1.29 is 0 Å². The summed E-state index contributed by atoms with van der Waals surface area (Å²) >= 11 is 0. The van der Waals surface area contributed by atoms with E-state index in [1.807, 2.05) is 0 Å². The van der Waals surface area contributed by atoms with Crippen LogP contribution in [0.15, 0.2) is 24.3 Å². The third-order valence-corrected chi connectivity index (χ3v) is 4.32. The summed E-state index contributed by atoms with van der Waals surface area (Å²) in [7, 11) is 0. The van der Waals surface area contributed by atoms with Gasteiger partial charge in [0.15, 0.2) is 0 Å². The number of nitrogens with zero attached hydrogens (tertiary/aromatic N) is 1. The lowest BCUT2D eigenvalue weighted by Gasteiger charge is -2.53. The van der Waals surface area contributed by atoms with Gasteiger partial charge in [0, 0.05) is 30.7 Å². The first-order valence-corrected chi connectivity index (χ1v) is 6.86. The number of aryl methyl sites for hydroxylation is 1. The van der Waals surface area contributed by atoms with Gasteiger partial charge in [0.05, 0.1) is 0 Å². The molecule has 0 bridgehead atoms. The van der Waals surface area contributed by atoms with Crippen LogP contribution in [0.4, 0.5) is 5.69 Å². The first-order chi connectivity index (χ1) is 8.31. The molecule has 2 heteroatoms. The molecule has 1 aromatic rings. The summed E-state index contributed by atoms with van der Waals surface area (Å²) in [5, 5.41) is 3.54. The van der Waals surface area contributed by atoms with Crippen LogP contribution in [0.5, 0.6) is 0 Å². The van der Waals surface area contributed by atoms with Gasteiger partial charge in [-0.25, -0.2) is 0 Å². The molecular weight excluding hydrogens is 208 g/mol. The molecule has 0 aromatic heterocycles. The second kappa shape index (κ2) is 4.34. The SMILES string of the molecule is CCc1ccc(N2CC3(CCCNC3)C2)cc1. The summed E-state index contributed by atoms with van der Waals surface area (Å²) in [6.07, 6.45) is 3.89. The highest BCUT2D eigenvalue weighted by molar-refractivity contribution is 5.51. The molecule has 2 heterocycles. The van der Waals surface area contributed by atoms with Gasteiger partial charge in [-0.2, -0.15) is 0 Å². The van der Waals surface area contributed by atoms with Gasteiger partial charge in [0.25, 0.3) is 0 Å². The van der Waals surface area contributed by atoms with E-state index in [1.54, 1.807) is 0 Å². The van der Waals surface area contributed by atoms with E-state index in [0.29, 0.717) is 5.41 Å². The molecule has 2 fully saturated rings. The Kier molecular flexibility index (Phi) is 2.83. The molecule has 2 aliphatic rings. The second-order valence-electron chi connectivity index (χ2n) is 5.66. The number of rotatable bonds is 2. The molecule has 2 nitrogen and oxygen atoms in total. The van der Waals surface area contributed by atoms with Crippen LogP contribution in [0.25, 0.3) is 0 Å². The van der Waals surface area contributed by atoms with E-state index < -0.39 is 0 Å². The fourth-order valence-corrected chi connectivity index (χ4v) is 3.19. The first-order valence-electron chi connectivity index (χ1n) is 6.86. The summed E-state index contributed by atoms with van der Waals surface area (Å²) in [5.41, 5.74) is 3.42. The van der Waals surface area contributed by atoms with Crippen molar-refractivity contribution >= 4 is 5.69 Å². The van der Waals surface area contributed by atoms with Crippen molar-refractivity contribution in [3.05, 3.63) is 29.8 Å². The van der Waals surface area contributed by atoms with Gasteiger partial charge in [0.2, 0.25) is 0 Å². The Morgan fingerprint density at radius 2 is 2.00 bits per heavy atom. The maximum absolute atomic E-state index is 3.54. The second-order valence-corrected chi connectivity index (χ2v) is 5.66. The van der Waals surface area contributed by atoms with Gasteiger partial charge in [0.1, 0.15) is 0 Å². The molecule has 1 spiro atoms. The molecule has 3 rings (SSSR count). The molecule has 0 atom stereocenters. The molecule has 1 N–H and O–H groups in total. The third kappa shape index (κ3) is 2.06. The van der Waals surface area contributed by atoms with Crippen LogP contribution < -0.4 is 10.2 Å². The summed E-state index contributed by atoms with van der Waals surface area (Å²) in [6, 6.07) is 9.09. The summed E-state index contributed by atoms with van der Waals surface area (Å²) in [4.78, 5) is 2.52. The Morgan fingerprint density at radius 1 is 1.24 bits per heavy atom. The average molecular weight is 230 g/mol. The molecule has 1 aromatic carbocycles. The molecule has 92 valence electrons. The normalized spacial score (nSPS) is 22.5. The molecule has 0 amide bonds. The smallest absolute Gasteiger partial charge is 0.0366 e. The van der Waals surface area contributed by atoms with Crippen molar-refractivity contribution in [3.63, 3.8) is 0 Å². The Bertz CT molecular complexity index is 368. The Labute approximate surface area is 104 Å². The highest BCUT2D eigenvalue weighted by atomic mass is 15.2. The lowest BCUT2D eigenvalue weighted by molar-refractivity contribution is 0.157. The number of anilines is 1. The average Bonchev–Trinajstić information content (AvgIpc) is 2.37. The number of hydrogen-bond donors (Lipinski definition) is 1. The van der Waals surface area contributed by atoms with Gasteiger partial charge in [-0.3, -0.25) is 0 Å². The van der Waals surface area contributed by atoms with Crippen molar-refractivity contribution in [2.24, 2.45) is 5.41 Å². The number of benzene rings is 1. The van der Waals surface area contributed by atoms with Crippen molar-refractivity contribution in [2.75, 3.05) is 31.1 Å². The molecule has 17 heavy (non-hydrogen) atoms. The van der Waals surface area contributed by atoms with Crippen molar-refractivity contribution in [2.45, 2.75) is 26.2 Å². The molecule has 0 unspecified atom stereocenters. The molecule has 0 radical (unpaired) electrons. The molecule has 0 saturated carbocycles. The summed E-state index contributed by atoms with van der Waals surface area (Å²) in [6.45, 7) is 7.13. The van der Waals surface area contributed by atoms with Crippen LogP contribution in [0.3, 0.4) is 0 Å². The van der Waals surface area contributed by atoms with E-state index in [4.69, 9.17) is 0 Å². The van der Waals surface area contributed by atoms with Crippen molar-refractivity contribution in [1.29, 1.82) is 0 Å². The monoisotopic (exact) mass is 230 g/mol. The minimum Gasteiger partial charge on any atom is -0.370 e. The minimum atomic E-state index is 0.585. The minimum absolute atomic E-state index is 0.585. The number of hydrogen-bond acceptors (Lipinski definition) is 2.